The van der Waals surface area contributed by atoms with E-state index in [0.717, 1.165) is 18.5 Å². The first-order valence-electron chi connectivity index (χ1n) is 5.65. The second kappa shape index (κ2) is 4.71. The smallest absolute Gasteiger partial charge is 0.274 e. The van der Waals surface area contributed by atoms with Crippen LogP contribution in [0.5, 0.6) is 0 Å². The van der Waals surface area contributed by atoms with Crippen LogP contribution < -0.4 is 5.32 Å². The molecule has 1 N–H and O–H groups in total. The molecule has 0 unspecified atom stereocenters. The first-order chi connectivity index (χ1) is 8.11. The fourth-order valence-corrected chi connectivity index (χ4v) is 2.07. The van der Waals surface area contributed by atoms with E-state index in [4.69, 9.17) is 4.74 Å². The summed E-state index contributed by atoms with van der Waals surface area (Å²) in [5, 5.41) is 14.1. The number of methoxy groups -OCH3 is 1. The van der Waals surface area contributed by atoms with Crippen LogP contribution in [0.2, 0.25) is 0 Å². The highest BCUT2D eigenvalue weighted by atomic mass is 16.6. The molecule has 1 fully saturated rings. The number of hydrogen-bond donors (Lipinski definition) is 1. The molecule has 5 nitrogen and oxygen atoms in total. The highest BCUT2D eigenvalue weighted by Crippen LogP contribution is 2.30. The number of nitro groups is 1. The van der Waals surface area contributed by atoms with Crippen molar-refractivity contribution in [1.82, 2.24) is 0 Å². The van der Waals surface area contributed by atoms with Gasteiger partial charge in [-0.2, -0.15) is 0 Å². The molecule has 0 aliphatic heterocycles. The molecular weight excluding hydrogens is 220 g/mol. The number of rotatable bonds is 4. The van der Waals surface area contributed by atoms with Gasteiger partial charge in [-0.3, -0.25) is 10.1 Å². The number of nitrogens with one attached hydrogen (secondary N) is 1. The average molecular weight is 236 g/mol. The Hall–Kier alpha value is -1.62. The third kappa shape index (κ3) is 2.39. The van der Waals surface area contributed by atoms with Crippen LogP contribution in [0.3, 0.4) is 0 Å². The molecule has 0 aromatic heterocycles. The van der Waals surface area contributed by atoms with Crippen LogP contribution in [0, 0.1) is 17.0 Å². The molecule has 1 aromatic rings. The number of ether oxygens (including phenoxy) is 1. The van der Waals surface area contributed by atoms with Crippen LogP contribution in [-0.4, -0.2) is 24.2 Å². The van der Waals surface area contributed by atoms with Crippen molar-refractivity contribution < 1.29 is 9.66 Å². The van der Waals surface area contributed by atoms with E-state index in [0.29, 0.717) is 17.7 Å². The predicted molar refractivity (Wildman–Crippen MR) is 65.3 cm³/mol. The zero-order valence-corrected chi connectivity index (χ0v) is 9.97. The van der Waals surface area contributed by atoms with Gasteiger partial charge in [-0.25, -0.2) is 0 Å². The summed E-state index contributed by atoms with van der Waals surface area (Å²) in [7, 11) is 1.71. The van der Waals surface area contributed by atoms with Crippen molar-refractivity contribution in [3.05, 3.63) is 33.9 Å². The van der Waals surface area contributed by atoms with Crippen molar-refractivity contribution in [1.29, 1.82) is 0 Å². The minimum Gasteiger partial charge on any atom is -0.382 e. The van der Waals surface area contributed by atoms with Crippen LogP contribution in [0.15, 0.2) is 18.2 Å². The van der Waals surface area contributed by atoms with Gasteiger partial charge in [-0.05, 0) is 25.8 Å². The van der Waals surface area contributed by atoms with E-state index in [1.165, 1.54) is 6.07 Å². The number of anilines is 1. The molecule has 17 heavy (non-hydrogen) atoms. The van der Waals surface area contributed by atoms with Gasteiger partial charge in [0.05, 0.1) is 11.0 Å². The maximum atomic E-state index is 10.8. The molecule has 0 saturated heterocycles. The Balaban J connectivity index is 2.07. The molecule has 0 heterocycles. The molecule has 0 radical (unpaired) electrons. The molecule has 0 spiro atoms. The van der Waals surface area contributed by atoms with Gasteiger partial charge in [-0.15, -0.1) is 0 Å². The number of hydrogen-bond acceptors (Lipinski definition) is 4. The molecule has 1 saturated carbocycles. The number of benzene rings is 1. The van der Waals surface area contributed by atoms with E-state index in [-0.39, 0.29) is 10.6 Å². The predicted octanol–water partition coefficient (Wildman–Crippen LogP) is 2.49. The summed E-state index contributed by atoms with van der Waals surface area (Å²) in [6.07, 6.45) is 2.24. The fraction of sp³-hybridized carbons (Fsp3) is 0.500. The summed E-state index contributed by atoms with van der Waals surface area (Å²) < 4.78 is 5.20. The van der Waals surface area contributed by atoms with E-state index in [1.807, 2.05) is 6.07 Å². The van der Waals surface area contributed by atoms with E-state index in [2.05, 4.69) is 5.32 Å². The maximum absolute atomic E-state index is 10.8. The molecule has 2 rings (SSSR count). The molecular formula is C12H16N2O3. The zero-order valence-electron chi connectivity index (χ0n) is 9.97. The van der Waals surface area contributed by atoms with Crippen LogP contribution >= 0.6 is 0 Å². The first kappa shape index (κ1) is 11.9. The Labute approximate surface area is 99.9 Å². The third-order valence-electron chi connectivity index (χ3n) is 3.29. The van der Waals surface area contributed by atoms with E-state index >= 15 is 0 Å². The molecule has 92 valence electrons. The largest absolute Gasteiger partial charge is 0.382 e. The minimum atomic E-state index is -0.348. The lowest BCUT2D eigenvalue weighted by Gasteiger charge is -2.35. The highest BCUT2D eigenvalue weighted by Gasteiger charge is 2.29. The second-order valence-corrected chi connectivity index (χ2v) is 4.38. The van der Waals surface area contributed by atoms with Gasteiger partial charge in [0.1, 0.15) is 0 Å². The van der Waals surface area contributed by atoms with Gasteiger partial charge in [0, 0.05) is 30.5 Å². The van der Waals surface area contributed by atoms with E-state index < -0.39 is 0 Å². The van der Waals surface area contributed by atoms with Crippen molar-refractivity contribution in [2.45, 2.75) is 31.9 Å². The van der Waals surface area contributed by atoms with Gasteiger partial charge in [0.25, 0.3) is 5.69 Å². The van der Waals surface area contributed by atoms with Crippen molar-refractivity contribution in [3.63, 3.8) is 0 Å². The highest BCUT2D eigenvalue weighted by molar-refractivity contribution is 5.60. The van der Waals surface area contributed by atoms with E-state index in [1.54, 1.807) is 20.1 Å². The summed E-state index contributed by atoms with van der Waals surface area (Å²) in [6, 6.07) is 5.47. The lowest BCUT2D eigenvalue weighted by atomic mass is 9.89. The number of nitro benzene ring substituents is 1. The Morgan fingerprint density at radius 1 is 1.47 bits per heavy atom. The Bertz CT molecular complexity index is 428. The molecule has 0 atom stereocenters. The Morgan fingerprint density at radius 3 is 2.76 bits per heavy atom. The minimum absolute atomic E-state index is 0.164. The second-order valence-electron chi connectivity index (χ2n) is 4.38. The fourth-order valence-electron chi connectivity index (χ4n) is 2.07. The molecule has 0 amide bonds. The summed E-state index contributed by atoms with van der Waals surface area (Å²) in [6.45, 7) is 1.77. The molecule has 1 aliphatic rings. The van der Waals surface area contributed by atoms with Crippen LogP contribution in [0.25, 0.3) is 0 Å². The van der Waals surface area contributed by atoms with Crippen LogP contribution in [-0.2, 0) is 4.74 Å². The van der Waals surface area contributed by atoms with Gasteiger partial charge in [-0.1, -0.05) is 6.07 Å². The quantitative estimate of drug-likeness (QED) is 0.644. The SMILES string of the molecule is COC1CC(Nc2cccc([N+](=O)[O-])c2C)C1. The standard InChI is InChI=1S/C12H16N2O3/c1-8-11(4-3-5-12(8)14(15)16)13-9-6-10(7-9)17-2/h3-5,9-10,13H,6-7H2,1-2H3. The lowest BCUT2D eigenvalue weighted by molar-refractivity contribution is -0.385. The Kier molecular flexibility index (Phi) is 3.28. The summed E-state index contributed by atoms with van der Waals surface area (Å²) in [5.41, 5.74) is 1.70. The molecule has 5 heteroatoms. The molecule has 1 aromatic carbocycles. The molecule has 0 bridgehead atoms. The summed E-state index contributed by atoms with van der Waals surface area (Å²) in [5.74, 6) is 0. The van der Waals surface area contributed by atoms with Crippen molar-refractivity contribution >= 4 is 11.4 Å². The van der Waals surface area contributed by atoms with Crippen molar-refractivity contribution in [3.8, 4) is 0 Å². The monoisotopic (exact) mass is 236 g/mol. The van der Waals surface area contributed by atoms with E-state index in [9.17, 15) is 10.1 Å². The first-order valence-corrected chi connectivity index (χ1v) is 5.65. The zero-order chi connectivity index (χ0) is 12.4. The lowest BCUT2D eigenvalue weighted by Crippen LogP contribution is -2.40. The molecule has 1 aliphatic carbocycles. The topological polar surface area (TPSA) is 64.4 Å². The number of nitrogens with zero attached hydrogens (tertiary/aromatic N) is 1. The van der Waals surface area contributed by atoms with Gasteiger partial charge < -0.3 is 10.1 Å². The van der Waals surface area contributed by atoms with Crippen LogP contribution in [0.4, 0.5) is 11.4 Å². The third-order valence-corrected chi connectivity index (χ3v) is 3.29. The summed E-state index contributed by atoms with van der Waals surface area (Å²) >= 11 is 0. The van der Waals surface area contributed by atoms with Crippen LogP contribution in [0.1, 0.15) is 18.4 Å². The van der Waals surface area contributed by atoms with Crippen molar-refractivity contribution in [2.24, 2.45) is 0 Å². The Morgan fingerprint density at radius 2 is 2.18 bits per heavy atom. The maximum Gasteiger partial charge on any atom is 0.274 e. The summed E-state index contributed by atoms with van der Waals surface area (Å²) in [4.78, 5) is 10.5. The average Bonchev–Trinajstić information content (AvgIpc) is 2.24. The van der Waals surface area contributed by atoms with Gasteiger partial charge >= 0.3 is 0 Å². The normalized spacial score (nSPS) is 22.9. The van der Waals surface area contributed by atoms with Gasteiger partial charge in [0.15, 0.2) is 0 Å². The van der Waals surface area contributed by atoms with Crippen molar-refractivity contribution in [2.75, 3.05) is 12.4 Å². The van der Waals surface area contributed by atoms with Gasteiger partial charge in [0.2, 0.25) is 0 Å².